The molecule has 2 N–H and O–H groups in total. The number of benzene rings is 1. The van der Waals surface area contributed by atoms with E-state index in [1.165, 1.54) is 0 Å². The summed E-state index contributed by atoms with van der Waals surface area (Å²) in [6, 6.07) is 3.60. The molecule has 1 rings (SSSR count). The Morgan fingerprint density at radius 3 is 2.78 bits per heavy atom. The van der Waals surface area contributed by atoms with E-state index in [0.29, 0.717) is 23.9 Å². The van der Waals surface area contributed by atoms with Crippen LogP contribution in [-0.4, -0.2) is 32.0 Å². The van der Waals surface area contributed by atoms with Crippen LogP contribution in [0.25, 0.3) is 0 Å². The van der Waals surface area contributed by atoms with Crippen LogP contribution in [0.1, 0.15) is 18.9 Å². The Kier molecular flexibility index (Phi) is 6.86. The van der Waals surface area contributed by atoms with Gasteiger partial charge >= 0.3 is 0 Å². The van der Waals surface area contributed by atoms with E-state index in [9.17, 15) is 0 Å². The van der Waals surface area contributed by atoms with E-state index < -0.39 is 0 Å². The van der Waals surface area contributed by atoms with Crippen molar-refractivity contribution in [2.45, 2.75) is 19.9 Å². The van der Waals surface area contributed by atoms with Crippen molar-refractivity contribution in [1.82, 2.24) is 5.32 Å². The van der Waals surface area contributed by atoms with Gasteiger partial charge < -0.3 is 19.9 Å². The topological polar surface area (TPSA) is 50.7 Å². The van der Waals surface area contributed by atoms with Gasteiger partial charge in [0.25, 0.3) is 0 Å². The van der Waals surface area contributed by atoms with Gasteiger partial charge in [-0.25, -0.2) is 0 Å². The van der Waals surface area contributed by atoms with Crippen molar-refractivity contribution in [1.29, 1.82) is 0 Å². The third kappa shape index (κ3) is 4.37. The first kappa shape index (κ1) is 15.1. The Labute approximate surface area is 113 Å². The zero-order valence-electron chi connectivity index (χ0n) is 10.8. The Hall–Kier alpha value is -0.970. The normalized spacial score (nSPS) is 10.4. The monoisotopic (exact) mass is 273 g/mol. The van der Waals surface area contributed by atoms with Gasteiger partial charge in [0, 0.05) is 29.8 Å². The largest absolute Gasteiger partial charge is 0.493 e. The van der Waals surface area contributed by atoms with Gasteiger partial charge in [-0.05, 0) is 26.0 Å². The summed E-state index contributed by atoms with van der Waals surface area (Å²) in [5.74, 6) is 1.37. The van der Waals surface area contributed by atoms with Crippen molar-refractivity contribution in [2.24, 2.45) is 0 Å². The van der Waals surface area contributed by atoms with Crippen LogP contribution in [0.5, 0.6) is 11.5 Å². The summed E-state index contributed by atoms with van der Waals surface area (Å²) in [7, 11) is 1.59. The molecule has 0 saturated heterocycles. The standard InChI is InChI=1S/C13H20ClNO3/c1-3-18-13-10(9-15-5-4-6-16)7-11(14)8-12(13)17-2/h7-8,15-16H,3-6,9H2,1-2H3. The molecule has 0 aliphatic heterocycles. The summed E-state index contributed by atoms with van der Waals surface area (Å²) in [6.07, 6.45) is 0.724. The number of halogens is 1. The van der Waals surface area contributed by atoms with E-state index in [1.807, 2.05) is 13.0 Å². The minimum absolute atomic E-state index is 0.185. The van der Waals surface area contributed by atoms with Crippen LogP contribution >= 0.6 is 11.6 Å². The van der Waals surface area contributed by atoms with Crippen molar-refractivity contribution in [3.63, 3.8) is 0 Å². The second-order valence-electron chi connectivity index (χ2n) is 3.78. The lowest BCUT2D eigenvalue weighted by atomic mass is 10.1. The van der Waals surface area contributed by atoms with Crippen molar-refractivity contribution >= 4 is 11.6 Å². The summed E-state index contributed by atoms with van der Waals surface area (Å²) >= 11 is 6.04. The molecule has 0 aliphatic carbocycles. The van der Waals surface area contributed by atoms with Gasteiger partial charge in [0.1, 0.15) is 0 Å². The average molecular weight is 274 g/mol. The van der Waals surface area contributed by atoms with Gasteiger partial charge in [0.05, 0.1) is 13.7 Å². The minimum Gasteiger partial charge on any atom is -0.493 e. The predicted octanol–water partition coefficient (Wildman–Crippen LogP) is 2.22. The number of methoxy groups -OCH3 is 1. The van der Waals surface area contributed by atoms with Gasteiger partial charge in [-0.2, -0.15) is 0 Å². The maximum atomic E-state index is 8.72. The van der Waals surface area contributed by atoms with Crippen LogP contribution in [0.2, 0.25) is 5.02 Å². The van der Waals surface area contributed by atoms with Gasteiger partial charge in [-0.1, -0.05) is 11.6 Å². The lowest BCUT2D eigenvalue weighted by molar-refractivity contribution is 0.285. The zero-order chi connectivity index (χ0) is 13.4. The Morgan fingerprint density at radius 2 is 2.17 bits per heavy atom. The van der Waals surface area contributed by atoms with E-state index in [1.54, 1.807) is 13.2 Å². The second-order valence-corrected chi connectivity index (χ2v) is 4.22. The van der Waals surface area contributed by atoms with Crippen molar-refractivity contribution in [3.8, 4) is 11.5 Å². The SMILES string of the molecule is CCOc1c(CNCCCO)cc(Cl)cc1OC. The van der Waals surface area contributed by atoms with E-state index in [4.69, 9.17) is 26.2 Å². The highest BCUT2D eigenvalue weighted by Gasteiger charge is 2.12. The third-order valence-corrected chi connectivity index (χ3v) is 2.65. The molecule has 102 valence electrons. The quantitative estimate of drug-likeness (QED) is 0.713. The summed E-state index contributed by atoms with van der Waals surface area (Å²) in [4.78, 5) is 0. The molecule has 0 fully saturated rings. The number of hydrogen-bond acceptors (Lipinski definition) is 4. The van der Waals surface area contributed by atoms with Crippen LogP contribution < -0.4 is 14.8 Å². The lowest BCUT2D eigenvalue weighted by Crippen LogP contribution is -2.16. The molecular weight excluding hydrogens is 254 g/mol. The smallest absolute Gasteiger partial charge is 0.165 e. The third-order valence-electron chi connectivity index (χ3n) is 2.43. The number of aliphatic hydroxyl groups excluding tert-OH is 1. The van der Waals surface area contributed by atoms with Crippen LogP contribution in [0.15, 0.2) is 12.1 Å². The highest BCUT2D eigenvalue weighted by atomic mass is 35.5. The second kappa shape index (κ2) is 8.19. The zero-order valence-corrected chi connectivity index (χ0v) is 11.6. The van der Waals surface area contributed by atoms with Crippen molar-refractivity contribution in [2.75, 3.05) is 26.9 Å². The Balaban J connectivity index is 2.82. The molecule has 0 aliphatic rings. The van der Waals surface area contributed by atoms with E-state index in [0.717, 1.165) is 24.3 Å². The molecule has 5 heteroatoms. The molecule has 0 amide bonds. The van der Waals surface area contributed by atoms with Gasteiger partial charge in [0.2, 0.25) is 0 Å². The molecule has 0 unspecified atom stereocenters. The Morgan fingerprint density at radius 1 is 1.39 bits per heavy atom. The number of hydrogen-bond donors (Lipinski definition) is 2. The van der Waals surface area contributed by atoms with Crippen LogP contribution in [-0.2, 0) is 6.54 Å². The fraction of sp³-hybridized carbons (Fsp3) is 0.538. The average Bonchev–Trinajstić information content (AvgIpc) is 2.37. The van der Waals surface area contributed by atoms with Crippen molar-refractivity contribution < 1.29 is 14.6 Å². The molecule has 0 aromatic heterocycles. The summed E-state index contributed by atoms with van der Waals surface area (Å²) in [5.41, 5.74) is 0.958. The Bertz CT molecular complexity index is 371. The number of nitrogens with one attached hydrogen (secondary N) is 1. The fourth-order valence-electron chi connectivity index (χ4n) is 1.64. The van der Waals surface area contributed by atoms with Crippen LogP contribution in [0.3, 0.4) is 0 Å². The van der Waals surface area contributed by atoms with Crippen LogP contribution in [0.4, 0.5) is 0 Å². The van der Waals surface area contributed by atoms with E-state index >= 15 is 0 Å². The maximum absolute atomic E-state index is 8.72. The minimum atomic E-state index is 0.185. The highest BCUT2D eigenvalue weighted by molar-refractivity contribution is 6.30. The predicted molar refractivity (Wildman–Crippen MR) is 72.6 cm³/mol. The molecule has 18 heavy (non-hydrogen) atoms. The van der Waals surface area contributed by atoms with Gasteiger partial charge in [-0.3, -0.25) is 0 Å². The molecule has 0 heterocycles. The maximum Gasteiger partial charge on any atom is 0.165 e. The van der Waals surface area contributed by atoms with Crippen molar-refractivity contribution in [3.05, 3.63) is 22.7 Å². The highest BCUT2D eigenvalue weighted by Crippen LogP contribution is 2.34. The van der Waals surface area contributed by atoms with Crippen LogP contribution in [0, 0.1) is 0 Å². The summed E-state index contributed by atoms with van der Waals surface area (Å²) in [6.45, 7) is 4.06. The van der Waals surface area contributed by atoms with E-state index in [2.05, 4.69) is 5.32 Å². The fourth-order valence-corrected chi connectivity index (χ4v) is 1.87. The molecule has 4 nitrogen and oxygen atoms in total. The summed E-state index contributed by atoms with van der Waals surface area (Å²) in [5, 5.41) is 12.6. The molecular formula is C13H20ClNO3. The molecule has 0 atom stereocenters. The molecule has 0 radical (unpaired) electrons. The molecule has 1 aromatic rings. The van der Waals surface area contributed by atoms with E-state index in [-0.39, 0.29) is 6.61 Å². The van der Waals surface area contributed by atoms with Gasteiger partial charge in [-0.15, -0.1) is 0 Å². The lowest BCUT2D eigenvalue weighted by Gasteiger charge is -2.15. The first-order valence-electron chi connectivity index (χ1n) is 6.03. The summed E-state index contributed by atoms with van der Waals surface area (Å²) < 4.78 is 10.9. The number of ether oxygens (including phenoxy) is 2. The first-order chi connectivity index (χ1) is 8.72. The first-order valence-corrected chi connectivity index (χ1v) is 6.41. The molecule has 0 saturated carbocycles. The van der Waals surface area contributed by atoms with Gasteiger partial charge in [0.15, 0.2) is 11.5 Å². The number of rotatable bonds is 8. The molecule has 0 bridgehead atoms. The number of aliphatic hydroxyl groups is 1. The molecule has 0 spiro atoms. The molecule has 1 aromatic carbocycles.